The van der Waals surface area contributed by atoms with Crippen LogP contribution in [0.1, 0.15) is 12.8 Å². The molecule has 5 nitrogen and oxygen atoms in total. The molecule has 0 bridgehead atoms. The van der Waals surface area contributed by atoms with Crippen molar-refractivity contribution in [3.8, 4) is 0 Å². The Morgan fingerprint density at radius 1 is 1.45 bits per heavy atom. The third kappa shape index (κ3) is 3.96. The average molecular weight is 183 g/mol. The SMILES string of the molecule is O[P+](O)(O)OC[C@@H]1CCCO1. The second kappa shape index (κ2) is 3.76. The van der Waals surface area contributed by atoms with Gasteiger partial charge in [0.15, 0.2) is 0 Å². The van der Waals surface area contributed by atoms with Gasteiger partial charge >= 0.3 is 8.17 Å². The summed E-state index contributed by atoms with van der Waals surface area (Å²) in [7, 11) is -4.05. The normalized spacial score (nSPS) is 25.9. The van der Waals surface area contributed by atoms with E-state index in [1.165, 1.54) is 0 Å². The van der Waals surface area contributed by atoms with Crippen LogP contribution < -0.4 is 0 Å². The van der Waals surface area contributed by atoms with Crippen LogP contribution in [0, 0.1) is 0 Å². The van der Waals surface area contributed by atoms with E-state index in [1.54, 1.807) is 0 Å². The average Bonchev–Trinajstić information content (AvgIpc) is 2.32. The van der Waals surface area contributed by atoms with Crippen molar-refractivity contribution in [1.29, 1.82) is 0 Å². The van der Waals surface area contributed by atoms with Gasteiger partial charge in [-0.05, 0) is 12.8 Å². The smallest absolute Gasteiger partial charge is 0.376 e. The van der Waals surface area contributed by atoms with Crippen molar-refractivity contribution in [3.63, 3.8) is 0 Å². The molecule has 1 rings (SSSR count). The van der Waals surface area contributed by atoms with E-state index in [0.717, 1.165) is 12.8 Å². The summed E-state index contributed by atoms with van der Waals surface area (Å²) in [5.41, 5.74) is 0. The Kier molecular flexibility index (Phi) is 3.18. The van der Waals surface area contributed by atoms with Gasteiger partial charge in [0, 0.05) is 6.61 Å². The van der Waals surface area contributed by atoms with E-state index >= 15 is 0 Å². The fourth-order valence-electron chi connectivity index (χ4n) is 0.959. The summed E-state index contributed by atoms with van der Waals surface area (Å²) in [4.78, 5) is 25.3. The highest BCUT2D eigenvalue weighted by atomic mass is 31.2. The van der Waals surface area contributed by atoms with Crippen LogP contribution in [-0.4, -0.2) is 34.0 Å². The van der Waals surface area contributed by atoms with Crippen molar-refractivity contribution in [2.75, 3.05) is 13.2 Å². The molecule has 3 N–H and O–H groups in total. The molecule has 1 atom stereocenters. The Morgan fingerprint density at radius 2 is 2.18 bits per heavy atom. The van der Waals surface area contributed by atoms with Crippen LogP contribution in [0.25, 0.3) is 0 Å². The summed E-state index contributed by atoms with van der Waals surface area (Å²) in [6.07, 6.45) is 1.71. The maximum absolute atomic E-state index is 8.42. The monoisotopic (exact) mass is 183 g/mol. The maximum Gasteiger partial charge on any atom is 0.567 e. The van der Waals surface area contributed by atoms with Crippen LogP contribution in [0.2, 0.25) is 0 Å². The number of ether oxygens (including phenoxy) is 1. The van der Waals surface area contributed by atoms with Crippen molar-refractivity contribution in [2.24, 2.45) is 0 Å². The molecule has 1 aliphatic heterocycles. The lowest BCUT2D eigenvalue weighted by molar-refractivity contribution is 0.0464. The first-order valence-electron chi connectivity index (χ1n) is 3.41. The van der Waals surface area contributed by atoms with E-state index in [2.05, 4.69) is 4.52 Å². The quantitative estimate of drug-likeness (QED) is 0.529. The van der Waals surface area contributed by atoms with Crippen molar-refractivity contribution < 1.29 is 23.9 Å². The van der Waals surface area contributed by atoms with E-state index in [1.807, 2.05) is 0 Å². The highest BCUT2D eigenvalue weighted by molar-refractivity contribution is 7.53. The Bertz CT molecular complexity index is 117. The fourth-order valence-corrected chi connectivity index (χ4v) is 1.33. The zero-order valence-corrected chi connectivity index (χ0v) is 6.91. The predicted molar refractivity (Wildman–Crippen MR) is 38.5 cm³/mol. The van der Waals surface area contributed by atoms with Gasteiger partial charge in [0.2, 0.25) is 0 Å². The van der Waals surface area contributed by atoms with Crippen molar-refractivity contribution >= 4 is 8.17 Å². The lowest BCUT2D eigenvalue weighted by atomic mass is 10.2. The minimum Gasteiger partial charge on any atom is -0.376 e. The molecule has 11 heavy (non-hydrogen) atoms. The first kappa shape index (κ1) is 9.32. The van der Waals surface area contributed by atoms with Crippen molar-refractivity contribution in [2.45, 2.75) is 18.9 Å². The summed E-state index contributed by atoms with van der Waals surface area (Å²) >= 11 is 0. The zero-order chi connectivity index (χ0) is 8.32. The first-order chi connectivity index (χ1) is 5.08. The summed E-state index contributed by atoms with van der Waals surface area (Å²) in [5, 5.41) is 0. The summed E-state index contributed by atoms with van der Waals surface area (Å²) in [5.74, 6) is 0. The standard InChI is InChI=1S/C5H12O5P/c6-11(7,8)10-4-5-2-1-3-9-5/h5-8H,1-4H2/q+1/t5-/m0/s1. The van der Waals surface area contributed by atoms with Crippen LogP contribution in [0.3, 0.4) is 0 Å². The lowest BCUT2D eigenvalue weighted by Crippen LogP contribution is -2.14. The molecule has 0 aromatic heterocycles. The third-order valence-corrected chi connectivity index (χ3v) is 1.95. The van der Waals surface area contributed by atoms with Gasteiger partial charge in [-0.25, -0.2) is 0 Å². The molecular weight excluding hydrogens is 171 g/mol. The second-order valence-corrected chi connectivity index (χ2v) is 3.73. The minimum absolute atomic E-state index is 0.0529. The molecule has 1 fully saturated rings. The molecule has 0 saturated carbocycles. The summed E-state index contributed by atoms with van der Waals surface area (Å²) in [6.45, 7) is 0.735. The maximum atomic E-state index is 8.42. The molecule has 66 valence electrons. The van der Waals surface area contributed by atoms with Gasteiger partial charge in [0.05, 0.1) is 6.10 Å². The molecule has 6 heteroatoms. The Balaban J connectivity index is 2.11. The highest BCUT2D eigenvalue weighted by Crippen LogP contribution is 2.45. The number of hydrogen-bond donors (Lipinski definition) is 3. The minimum atomic E-state index is -4.05. The van der Waals surface area contributed by atoms with Crippen LogP contribution in [-0.2, 0) is 9.26 Å². The highest BCUT2D eigenvalue weighted by Gasteiger charge is 2.34. The lowest BCUT2D eigenvalue weighted by Gasteiger charge is -2.07. The Hall–Kier alpha value is 0.230. The van der Waals surface area contributed by atoms with Crippen molar-refractivity contribution in [3.05, 3.63) is 0 Å². The molecule has 0 radical (unpaired) electrons. The summed E-state index contributed by atoms with van der Waals surface area (Å²) < 4.78 is 9.47. The summed E-state index contributed by atoms with van der Waals surface area (Å²) in [6, 6.07) is 0. The third-order valence-electron chi connectivity index (χ3n) is 1.46. The van der Waals surface area contributed by atoms with Crippen LogP contribution in [0.15, 0.2) is 0 Å². The van der Waals surface area contributed by atoms with Gasteiger partial charge < -0.3 is 4.74 Å². The molecule has 1 heterocycles. The van der Waals surface area contributed by atoms with Gasteiger partial charge in [0.1, 0.15) is 6.61 Å². The molecule has 0 aromatic carbocycles. The van der Waals surface area contributed by atoms with Crippen molar-refractivity contribution in [1.82, 2.24) is 0 Å². The van der Waals surface area contributed by atoms with E-state index in [9.17, 15) is 0 Å². The van der Waals surface area contributed by atoms with Gasteiger partial charge in [-0.15, -0.1) is 0 Å². The van der Waals surface area contributed by atoms with E-state index in [-0.39, 0.29) is 12.7 Å². The van der Waals surface area contributed by atoms with Gasteiger partial charge in [-0.2, -0.15) is 19.2 Å². The molecular formula is C5H12O5P+. The molecule has 0 unspecified atom stereocenters. The molecule has 0 aromatic rings. The van der Waals surface area contributed by atoms with Crippen LogP contribution in [0.4, 0.5) is 0 Å². The number of hydrogen-bond acceptors (Lipinski definition) is 5. The first-order valence-corrected chi connectivity index (χ1v) is 4.98. The zero-order valence-electron chi connectivity index (χ0n) is 6.01. The largest absolute Gasteiger partial charge is 0.567 e. The van der Waals surface area contributed by atoms with Crippen LogP contribution in [0.5, 0.6) is 0 Å². The predicted octanol–water partition coefficient (Wildman–Crippen LogP) is -0.164. The molecule has 1 aliphatic rings. The Morgan fingerprint density at radius 3 is 2.64 bits per heavy atom. The van der Waals surface area contributed by atoms with Crippen LogP contribution >= 0.6 is 8.17 Å². The molecule has 0 amide bonds. The van der Waals surface area contributed by atoms with Gasteiger partial charge in [0.25, 0.3) is 0 Å². The van der Waals surface area contributed by atoms with Gasteiger partial charge in [-0.3, -0.25) is 0 Å². The second-order valence-electron chi connectivity index (χ2n) is 2.44. The molecule has 1 saturated heterocycles. The molecule has 0 spiro atoms. The topological polar surface area (TPSA) is 79.2 Å². The Labute approximate surface area is 65.2 Å². The van der Waals surface area contributed by atoms with E-state index in [0.29, 0.717) is 6.61 Å². The fraction of sp³-hybridized carbons (Fsp3) is 1.00. The molecule has 0 aliphatic carbocycles. The van der Waals surface area contributed by atoms with Gasteiger partial charge in [-0.1, -0.05) is 0 Å². The van der Waals surface area contributed by atoms with E-state index in [4.69, 9.17) is 19.4 Å². The number of rotatable bonds is 3. The van der Waals surface area contributed by atoms with E-state index < -0.39 is 8.17 Å².